The summed E-state index contributed by atoms with van der Waals surface area (Å²) in [6, 6.07) is 6.55. The van der Waals surface area contributed by atoms with Crippen molar-refractivity contribution in [2.24, 2.45) is 10.6 Å². The second-order valence-corrected chi connectivity index (χ2v) is 10.2. The summed E-state index contributed by atoms with van der Waals surface area (Å²) in [7, 11) is -3.91. The number of nitrogens with zero attached hydrogens (tertiary/aromatic N) is 1. The van der Waals surface area contributed by atoms with Crippen molar-refractivity contribution in [3.63, 3.8) is 0 Å². The summed E-state index contributed by atoms with van der Waals surface area (Å²) in [6.07, 6.45) is 3.53. The Kier molecular flexibility index (Phi) is 5.27. The molecular weight excluding hydrogens is 449 g/mol. The molecule has 164 valence electrons. The van der Waals surface area contributed by atoms with E-state index in [9.17, 15) is 22.4 Å². The summed E-state index contributed by atoms with van der Waals surface area (Å²) in [5, 5.41) is 7.61. The highest BCUT2D eigenvalue weighted by molar-refractivity contribution is 7.89. The van der Waals surface area contributed by atoms with Gasteiger partial charge in [0.1, 0.15) is 11.6 Å². The van der Waals surface area contributed by atoms with Crippen LogP contribution in [0.15, 0.2) is 41.6 Å². The minimum absolute atomic E-state index is 0.0262. The van der Waals surface area contributed by atoms with Gasteiger partial charge >= 0.3 is 0 Å². The molecule has 1 heterocycles. The van der Waals surface area contributed by atoms with E-state index in [0.717, 1.165) is 6.07 Å². The van der Waals surface area contributed by atoms with Crippen molar-refractivity contribution in [3.8, 4) is 5.75 Å². The number of ketones is 1. The molecule has 0 aliphatic heterocycles. The third-order valence-corrected chi connectivity index (χ3v) is 6.82. The lowest BCUT2D eigenvalue weighted by Crippen LogP contribution is -2.75. The predicted molar refractivity (Wildman–Crippen MR) is 109 cm³/mol. The Morgan fingerprint density at radius 3 is 2.52 bits per heavy atom. The highest BCUT2D eigenvalue weighted by atomic mass is 35.5. The second kappa shape index (κ2) is 7.54. The third kappa shape index (κ3) is 4.41. The van der Waals surface area contributed by atoms with Crippen molar-refractivity contribution < 1.29 is 27.1 Å². The van der Waals surface area contributed by atoms with Crippen LogP contribution in [0.2, 0.25) is 5.02 Å². The Balaban J connectivity index is 1.25. The normalized spacial score (nSPS) is 24.0. The minimum Gasteiger partial charge on any atom is -0.484 e. The Bertz CT molecular complexity index is 1150. The van der Waals surface area contributed by atoms with Gasteiger partial charge in [-0.05, 0) is 48.9 Å². The van der Waals surface area contributed by atoms with Gasteiger partial charge in [-0.1, -0.05) is 11.6 Å². The first-order chi connectivity index (χ1) is 14.5. The molecule has 5 rings (SSSR count). The maximum absolute atomic E-state index is 13.4. The maximum Gasteiger partial charge on any atom is 0.258 e. The number of Topliss-reactive ketones (excluding diaryl/α,β-unsaturated/α-hetero) is 1. The van der Waals surface area contributed by atoms with Crippen LogP contribution >= 0.6 is 11.6 Å². The predicted octanol–water partition coefficient (Wildman–Crippen LogP) is 2.21. The standard InChI is InChI=1S/C20H19ClFN3O5S/c21-14-3-2-13(5-15(14)22)30-8-17(27)25-20-9-19(10-20,11-20)6-16(26)12-1-4-18(24-7-12)31(23,28)29/h1-5,7H,6,8-11H2,(H,25,27)(H2,23,28,29). The first-order valence-corrected chi connectivity index (χ1v) is 11.3. The van der Waals surface area contributed by atoms with E-state index in [1.165, 1.54) is 30.5 Å². The van der Waals surface area contributed by atoms with E-state index in [2.05, 4.69) is 10.3 Å². The van der Waals surface area contributed by atoms with Crippen molar-refractivity contribution in [2.75, 3.05) is 6.61 Å². The number of hydrogen-bond acceptors (Lipinski definition) is 6. The molecule has 3 aliphatic carbocycles. The molecule has 3 fully saturated rings. The summed E-state index contributed by atoms with van der Waals surface area (Å²) in [6.45, 7) is -0.253. The third-order valence-electron chi connectivity index (χ3n) is 5.69. The molecule has 0 atom stereocenters. The fourth-order valence-electron chi connectivity index (χ4n) is 4.52. The number of sulfonamides is 1. The van der Waals surface area contributed by atoms with Crippen LogP contribution in [0, 0.1) is 11.2 Å². The molecule has 1 amide bonds. The van der Waals surface area contributed by atoms with Crippen LogP contribution in [-0.2, 0) is 14.8 Å². The molecule has 1 aromatic heterocycles. The van der Waals surface area contributed by atoms with Gasteiger partial charge in [0.15, 0.2) is 17.4 Å². The Morgan fingerprint density at radius 2 is 1.94 bits per heavy atom. The summed E-state index contributed by atoms with van der Waals surface area (Å²) < 4.78 is 41.2. The number of rotatable bonds is 8. The van der Waals surface area contributed by atoms with Gasteiger partial charge in [0, 0.05) is 29.8 Å². The topological polar surface area (TPSA) is 128 Å². The summed E-state index contributed by atoms with van der Waals surface area (Å²) in [5.74, 6) is -0.877. The molecule has 2 bridgehead atoms. The zero-order valence-electron chi connectivity index (χ0n) is 16.2. The van der Waals surface area contributed by atoms with Crippen molar-refractivity contribution in [1.82, 2.24) is 10.3 Å². The van der Waals surface area contributed by atoms with Gasteiger partial charge in [0.05, 0.1) is 5.02 Å². The molecule has 11 heteroatoms. The van der Waals surface area contributed by atoms with E-state index in [-0.39, 0.29) is 45.0 Å². The Hall–Kier alpha value is -2.56. The smallest absolute Gasteiger partial charge is 0.258 e. The molecule has 3 aliphatic rings. The number of hydrogen-bond donors (Lipinski definition) is 2. The largest absolute Gasteiger partial charge is 0.484 e. The SMILES string of the molecule is NS(=O)(=O)c1ccc(C(=O)CC23CC(NC(=O)COc4ccc(Cl)c(F)c4)(C2)C3)cn1. The average Bonchev–Trinajstić information content (AvgIpc) is 2.65. The number of nitrogens with two attached hydrogens (primary N) is 1. The van der Waals surface area contributed by atoms with Crippen molar-refractivity contribution in [3.05, 3.63) is 52.9 Å². The van der Waals surface area contributed by atoms with Crippen LogP contribution in [0.3, 0.4) is 0 Å². The number of carbonyl (C=O) groups is 2. The van der Waals surface area contributed by atoms with E-state index in [4.69, 9.17) is 21.5 Å². The molecule has 1 aromatic carbocycles. The zero-order valence-corrected chi connectivity index (χ0v) is 17.8. The molecule has 3 saturated carbocycles. The highest BCUT2D eigenvalue weighted by Crippen LogP contribution is 2.69. The van der Waals surface area contributed by atoms with Gasteiger partial charge in [0.2, 0.25) is 0 Å². The number of primary sulfonamides is 1. The number of carbonyl (C=O) groups excluding carboxylic acids is 2. The first kappa shape index (κ1) is 21.7. The lowest BCUT2D eigenvalue weighted by atomic mass is 9.38. The van der Waals surface area contributed by atoms with Gasteiger partial charge in [-0.25, -0.2) is 22.9 Å². The van der Waals surface area contributed by atoms with E-state index in [1.54, 1.807) is 0 Å². The average molecular weight is 468 g/mol. The van der Waals surface area contributed by atoms with Crippen molar-refractivity contribution in [2.45, 2.75) is 36.2 Å². The number of benzene rings is 1. The van der Waals surface area contributed by atoms with E-state index >= 15 is 0 Å². The molecule has 2 aromatic rings. The Labute approximate surface area is 183 Å². The van der Waals surface area contributed by atoms with E-state index < -0.39 is 15.8 Å². The number of nitrogens with one attached hydrogen (secondary N) is 1. The number of amides is 1. The Morgan fingerprint density at radius 1 is 1.23 bits per heavy atom. The van der Waals surface area contributed by atoms with Crippen LogP contribution in [0.25, 0.3) is 0 Å². The molecular formula is C20H19ClFN3O5S. The molecule has 3 N–H and O–H groups in total. The van der Waals surface area contributed by atoms with E-state index in [0.29, 0.717) is 31.2 Å². The van der Waals surface area contributed by atoms with Crippen LogP contribution in [0.5, 0.6) is 5.75 Å². The van der Waals surface area contributed by atoms with Crippen LogP contribution in [0.4, 0.5) is 4.39 Å². The maximum atomic E-state index is 13.4. The fraction of sp³-hybridized carbons (Fsp3) is 0.350. The zero-order chi connectivity index (χ0) is 22.4. The summed E-state index contributed by atoms with van der Waals surface area (Å²) in [5.41, 5.74) is -0.177. The quantitative estimate of drug-likeness (QED) is 0.573. The lowest BCUT2D eigenvalue weighted by Gasteiger charge is -2.70. The summed E-state index contributed by atoms with van der Waals surface area (Å²) in [4.78, 5) is 28.4. The molecule has 8 nitrogen and oxygen atoms in total. The highest BCUT2D eigenvalue weighted by Gasteiger charge is 2.68. The van der Waals surface area contributed by atoms with Crippen LogP contribution in [-0.4, -0.2) is 37.2 Å². The van der Waals surface area contributed by atoms with Gasteiger partial charge in [0.25, 0.3) is 15.9 Å². The van der Waals surface area contributed by atoms with E-state index in [1.807, 2.05) is 0 Å². The molecule has 0 unspecified atom stereocenters. The second-order valence-electron chi connectivity index (χ2n) is 8.25. The fourth-order valence-corrected chi connectivity index (χ4v) is 5.10. The number of aromatic nitrogens is 1. The van der Waals surface area contributed by atoms with Gasteiger partial charge < -0.3 is 10.1 Å². The van der Waals surface area contributed by atoms with Gasteiger partial charge in [-0.15, -0.1) is 0 Å². The lowest BCUT2D eigenvalue weighted by molar-refractivity contribution is -0.164. The molecule has 31 heavy (non-hydrogen) atoms. The minimum atomic E-state index is -3.91. The van der Waals surface area contributed by atoms with Crippen molar-refractivity contribution in [1.29, 1.82) is 0 Å². The number of pyridine rings is 1. The number of ether oxygens (including phenoxy) is 1. The molecule has 0 radical (unpaired) electrons. The summed E-state index contributed by atoms with van der Waals surface area (Å²) >= 11 is 5.61. The first-order valence-electron chi connectivity index (χ1n) is 9.40. The van der Waals surface area contributed by atoms with Gasteiger partial charge in [-0.2, -0.15) is 0 Å². The molecule has 0 saturated heterocycles. The van der Waals surface area contributed by atoms with Crippen molar-refractivity contribution >= 4 is 33.3 Å². The molecule has 0 spiro atoms. The van der Waals surface area contributed by atoms with Crippen LogP contribution in [0.1, 0.15) is 36.0 Å². The van der Waals surface area contributed by atoms with Crippen LogP contribution < -0.4 is 15.2 Å². The van der Waals surface area contributed by atoms with Gasteiger partial charge in [-0.3, -0.25) is 9.59 Å². The number of halogens is 2. The monoisotopic (exact) mass is 467 g/mol.